The molecule has 0 bridgehead atoms. The molecule has 2 aliphatic rings. The molecule has 0 aromatic carbocycles. The second kappa shape index (κ2) is 12.3. The minimum atomic E-state index is 0. The standard InChI is InChI=1S/C18H36N4O.HI/c1-19-17(20-11-7-14-22-12-5-6-13-22)21-16-18(10-15-23-2)8-3-4-9-18;/h3-16H2,1-2H3,(H2,19,20,21);1H. The SMILES string of the molecule is CN=C(NCCCN1CCCC1)NCC1(CCOC)CCCC1.I. The first-order valence-corrected chi connectivity index (χ1v) is 9.44. The highest BCUT2D eigenvalue weighted by atomic mass is 127. The predicted molar refractivity (Wildman–Crippen MR) is 112 cm³/mol. The third kappa shape index (κ3) is 7.44. The van der Waals surface area contributed by atoms with Crippen LogP contribution in [0.3, 0.4) is 0 Å². The van der Waals surface area contributed by atoms with Gasteiger partial charge in [0.1, 0.15) is 0 Å². The Kier molecular flexibility index (Phi) is 11.3. The highest BCUT2D eigenvalue weighted by Crippen LogP contribution is 2.40. The Bertz CT molecular complexity index is 353. The number of nitrogens with zero attached hydrogens (tertiary/aromatic N) is 2. The fourth-order valence-electron chi connectivity index (χ4n) is 3.97. The average molecular weight is 452 g/mol. The summed E-state index contributed by atoms with van der Waals surface area (Å²) >= 11 is 0. The molecule has 0 spiro atoms. The molecule has 0 amide bonds. The van der Waals surface area contributed by atoms with Gasteiger partial charge in [0.05, 0.1) is 0 Å². The van der Waals surface area contributed by atoms with E-state index in [1.54, 1.807) is 7.11 Å². The number of guanidine groups is 1. The lowest BCUT2D eigenvalue weighted by molar-refractivity contribution is 0.138. The first-order chi connectivity index (χ1) is 11.3. The molecule has 24 heavy (non-hydrogen) atoms. The first-order valence-electron chi connectivity index (χ1n) is 9.44. The van der Waals surface area contributed by atoms with Crippen molar-refractivity contribution in [3.8, 4) is 0 Å². The number of nitrogens with one attached hydrogen (secondary N) is 2. The van der Waals surface area contributed by atoms with Crippen LogP contribution in [-0.4, -0.2) is 64.3 Å². The number of ether oxygens (including phenoxy) is 1. The van der Waals surface area contributed by atoms with Gasteiger partial charge in [-0.1, -0.05) is 12.8 Å². The zero-order valence-electron chi connectivity index (χ0n) is 15.6. The van der Waals surface area contributed by atoms with Crippen molar-refractivity contribution >= 4 is 29.9 Å². The van der Waals surface area contributed by atoms with Gasteiger partial charge in [0.15, 0.2) is 5.96 Å². The molecule has 1 aliphatic heterocycles. The predicted octanol–water partition coefficient (Wildman–Crippen LogP) is 2.85. The van der Waals surface area contributed by atoms with Crippen LogP contribution in [0.15, 0.2) is 4.99 Å². The van der Waals surface area contributed by atoms with E-state index in [0.717, 1.165) is 32.1 Å². The maximum Gasteiger partial charge on any atom is 0.190 e. The van der Waals surface area contributed by atoms with E-state index in [9.17, 15) is 0 Å². The van der Waals surface area contributed by atoms with Gasteiger partial charge in [0.25, 0.3) is 0 Å². The zero-order chi connectivity index (χ0) is 16.4. The third-order valence-electron chi connectivity index (χ3n) is 5.50. The van der Waals surface area contributed by atoms with E-state index in [-0.39, 0.29) is 24.0 Å². The molecule has 1 heterocycles. The summed E-state index contributed by atoms with van der Waals surface area (Å²) in [5, 5.41) is 7.03. The van der Waals surface area contributed by atoms with Crippen LogP contribution in [0.25, 0.3) is 0 Å². The Morgan fingerprint density at radius 3 is 2.46 bits per heavy atom. The smallest absolute Gasteiger partial charge is 0.190 e. The maximum absolute atomic E-state index is 5.31. The lowest BCUT2D eigenvalue weighted by Crippen LogP contribution is -2.44. The molecule has 2 rings (SSSR count). The van der Waals surface area contributed by atoms with Crippen LogP contribution in [0.5, 0.6) is 0 Å². The molecule has 2 fully saturated rings. The fraction of sp³-hybridized carbons (Fsp3) is 0.944. The second-order valence-electron chi connectivity index (χ2n) is 7.20. The van der Waals surface area contributed by atoms with E-state index in [0.29, 0.717) is 5.41 Å². The highest BCUT2D eigenvalue weighted by molar-refractivity contribution is 14.0. The van der Waals surface area contributed by atoms with Crippen LogP contribution in [0.2, 0.25) is 0 Å². The summed E-state index contributed by atoms with van der Waals surface area (Å²) < 4.78 is 5.31. The van der Waals surface area contributed by atoms with E-state index in [4.69, 9.17) is 4.74 Å². The lowest BCUT2D eigenvalue weighted by atomic mass is 9.83. The van der Waals surface area contributed by atoms with Gasteiger partial charge in [-0.3, -0.25) is 4.99 Å². The second-order valence-corrected chi connectivity index (χ2v) is 7.20. The van der Waals surface area contributed by atoms with Gasteiger partial charge in [-0.25, -0.2) is 0 Å². The molecule has 1 saturated carbocycles. The van der Waals surface area contributed by atoms with Crippen LogP contribution in [0, 0.1) is 5.41 Å². The molecule has 0 atom stereocenters. The van der Waals surface area contributed by atoms with E-state index >= 15 is 0 Å². The fourth-order valence-corrected chi connectivity index (χ4v) is 3.97. The van der Waals surface area contributed by atoms with Crippen molar-refractivity contribution < 1.29 is 4.74 Å². The van der Waals surface area contributed by atoms with Crippen molar-refractivity contribution in [1.82, 2.24) is 15.5 Å². The average Bonchev–Trinajstić information content (AvgIpc) is 3.25. The van der Waals surface area contributed by atoms with Gasteiger partial charge < -0.3 is 20.3 Å². The topological polar surface area (TPSA) is 48.9 Å². The van der Waals surface area contributed by atoms with Gasteiger partial charge in [0.2, 0.25) is 0 Å². The number of hydrogen-bond acceptors (Lipinski definition) is 3. The van der Waals surface area contributed by atoms with Crippen molar-refractivity contribution in [1.29, 1.82) is 0 Å². The number of rotatable bonds is 9. The van der Waals surface area contributed by atoms with Gasteiger partial charge in [0, 0.05) is 33.9 Å². The molecule has 142 valence electrons. The molecule has 0 unspecified atom stereocenters. The molecule has 2 N–H and O–H groups in total. The molecule has 6 heteroatoms. The Morgan fingerprint density at radius 1 is 1.12 bits per heavy atom. The number of methoxy groups -OCH3 is 1. The molecular formula is C18H37IN4O. The number of likely N-dealkylation sites (tertiary alicyclic amines) is 1. The quantitative estimate of drug-likeness (QED) is 0.245. The monoisotopic (exact) mass is 452 g/mol. The van der Waals surface area contributed by atoms with Crippen molar-refractivity contribution in [2.24, 2.45) is 10.4 Å². The molecule has 1 aliphatic carbocycles. The molecule has 0 aromatic rings. The molecule has 0 aromatic heterocycles. The third-order valence-corrected chi connectivity index (χ3v) is 5.50. The van der Waals surface area contributed by atoms with E-state index in [1.807, 2.05) is 7.05 Å². The van der Waals surface area contributed by atoms with Crippen molar-refractivity contribution in [2.45, 2.75) is 51.4 Å². The minimum Gasteiger partial charge on any atom is -0.385 e. The molecular weight excluding hydrogens is 415 g/mol. The Labute approximate surface area is 165 Å². The summed E-state index contributed by atoms with van der Waals surface area (Å²) in [4.78, 5) is 6.94. The molecule has 0 radical (unpaired) electrons. The Hall–Kier alpha value is -0.0800. The normalized spacial score (nSPS) is 20.8. The summed E-state index contributed by atoms with van der Waals surface area (Å²) in [6.07, 6.45) is 10.4. The minimum absolute atomic E-state index is 0. The Morgan fingerprint density at radius 2 is 1.83 bits per heavy atom. The van der Waals surface area contributed by atoms with Crippen molar-refractivity contribution in [2.75, 3.05) is 53.5 Å². The number of hydrogen-bond donors (Lipinski definition) is 2. The summed E-state index contributed by atoms with van der Waals surface area (Å²) in [5.41, 5.74) is 0.406. The molecule has 5 nitrogen and oxygen atoms in total. The summed E-state index contributed by atoms with van der Waals surface area (Å²) in [7, 11) is 3.67. The summed E-state index contributed by atoms with van der Waals surface area (Å²) in [6.45, 7) is 6.67. The van der Waals surface area contributed by atoms with Crippen LogP contribution in [0.4, 0.5) is 0 Å². The molecule has 1 saturated heterocycles. The lowest BCUT2D eigenvalue weighted by Gasteiger charge is -2.30. The van der Waals surface area contributed by atoms with E-state index in [1.165, 1.54) is 64.6 Å². The number of halogens is 1. The van der Waals surface area contributed by atoms with E-state index in [2.05, 4.69) is 20.5 Å². The highest BCUT2D eigenvalue weighted by Gasteiger charge is 2.33. The van der Waals surface area contributed by atoms with Gasteiger partial charge in [-0.05, 0) is 63.6 Å². The number of aliphatic imine (C=N–C) groups is 1. The van der Waals surface area contributed by atoms with Gasteiger partial charge >= 0.3 is 0 Å². The first kappa shape index (κ1) is 22.0. The zero-order valence-corrected chi connectivity index (χ0v) is 17.9. The van der Waals surface area contributed by atoms with Crippen LogP contribution >= 0.6 is 24.0 Å². The van der Waals surface area contributed by atoms with Crippen LogP contribution in [-0.2, 0) is 4.74 Å². The van der Waals surface area contributed by atoms with Gasteiger partial charge in [-0.2, -0.15) is 0 Å². The van der Waals surface area contributed by atoms with Crippen LogP contribution in [0.1, 0.15) is 51.4 Å². The Balaban J connectivity index is 0.00000288. The largest absolute Gasteiger partial charge is 0.385 e. The maximum atomic E-state index is 5.31. The van der Waals surface area contributed by atoms with E-state index < -0.39 is 0 Å². The summed E-state index contributed by atoms with van der Waals surface area (Å²) in [6, 6.07) is 0. The van der Waals surface area contributed by atoms with Crippen molar-refractivity contribution in [3.63, 3.8) is 0 Å². The van der Waals surface area contributed by atoms with Crippen LogP contribution < -0.4 is 10.6 Å². The van der Waals surface area contributed by atoms with Crippen molar-refractivity contribution in [3.05, 3.63) is 0 Å². The summed E-state index contributed by atoms with van der Waals surface area (Å²) in [5.74, 6) is 0.954. The van der Waals surface area contributed by atoms with Gasteiger partial charge in [-0.15, -0.1) is 24.0 Å².